The second-order valence-electron chi connectivity index (χ2n) is 5.12. The highest BCUT2D eigenvalue weighted by atomic mass is 32.1. The number of carbonyl (C=O) groups excluding carboxylic acids is 1. The van der Waals surface area contributed by atoms with E-state index in [1.807, 2.05) is 0 Å². The van der Waals surface area contributed by atoms with Crippen LogP contribution in [0.5, 0.6) is 0 Å². The van der Waals surface area contributed by atoms with Crippen LogP contribution < -0.4 is 11.1 Å². The summed E-state index contributed by atoms with van der Waals surface area (Å²) < 4.78 is 0. The first kappa shape index (κ1) is 12.4. The third-order valence-electron chi connectivity index (χ3n) is 3.49. The van der Waals surface area contributed by atoms with Crippen LogP contribution in [0.4, 0.5) is 5.13 Å². The zero-order valence-electron chi connectivity index (χ0n) is 10.2. The third-order valence-corrected chi connectivity index (χ3v) is 4.16. The van der Waals surface area contributed by atoms with Gasteiger partial charge in [-0.15, -0.1) is 11.3 Å². The van der Waals surface area contributed by atoms with Crippen LogP contribution in [0.15, 0.2) is 5.38 Å². The summed E-state index contributed by atoms with van der Waals surface area (Å²) in [6, 6.07) is 0. The molecule has 1 saturated carbocycles. The maximum Gasteiger partial charge on any atom is 0.270 e. The summed E-state index contributed by atoms with van der Waals surface area (Å²) in [6.45, 7) is 2.99. The quantitative estimate of drug-likeness (QED) is 0.869. The molecule has 1 fully saturated rings. The Morgan fingerprint density at radius 1 is 1.53 bits per heavy atom. The number of anilines is 1. The molecule has 0 aromatic carbocycles. The first-order valence-corrected chi connectivity index (χ1v) is 6.96. The molecule has 0 radical (unpaired) electrons. The van der Waals surface area contributed by atoms with Crippen LogP contribution in [0.25, 0.3) is 0 Å². The summed E-state index contributed by atoms with van der Waals surface area (Å²) in [5, 5.41) is 5.12. The lowest BCUT2D eigenvalue weighted by molar-refractivity contribution is 0.0915. The lowest BCUT2D eigenvalue weighted by atomic mass is 9.76. The summed E-state index contributed by atoms with van der Waals surface area (Å²) in [4.78, 5) is 15.8. The van der Waals surface area contributed by atoms with Crippen molar-refractivity contribution in [2.24, 2.45) is 5.41 Å². The molecule has 1 amide bonds. The van der Waals surface area contributed by atoms with Gasteiger partial charge in [-0.05, 0) is 18.3 Å². The maximum atomic E-state index is 11.8. The lowest BCUT2D eigenvalue weighted by Gasteiger charge is -2.33. The van der Waals surface area contributed by atoms with Crippen molar-refractivity contribution in [1.82, 2.24) is 10.3 Å². The fourth-order valence-electron chi connectivity index (χ4n) is 2.36. The summed E-state index contributed by atoms with van der Waals surface area (Å²) in [6.07, 6.45) is 6.27. The van der Waals surface area contributed by atoms with E-state index in [9.17, 15) is 4.79 Å². The van der Waals surface area contributed by atoms with Gasteiger partial charge in [-0.1, -0.05) is 26.2 Å². The van der Waals surface area contributed by atoms with E-state index in [1.165, 1.54) is 43.4 Å². The Hall–Kier alpha value is -1.10. The van der Waals surface area contributed by atoms with E-state index in [4.69, 9.17) is 5.73 Å². The number of hydrogen-bond donors (Lipinski definition) is 2. The number of nitrogens with two attached hydrogens (primary N) is 1. The van der Waals surface area contributed by atoms with Crippen LogP contribution in [-0.2, 0) is 0 Å². The van der Waals surface area contributed by atoms with Gasteiger partial charge in [0.05, 0.1) is 0 Å². The number of hydrogen-bond acceptors (Lipinski definition) is 4. The van der Waals surface area contributed by atoms with Crippen LogP contribution in [0.3, 0.4) is 0 Å². The average molecular weight is 253 g/mol. The molecule has 0 saturated heterocycles. The molecule has 1 aromatic rings. The first-order valence-electron chi connectivity index (χ1n) is 6.08. The van der Waals surface area contributed by atoms with Crippen molar-refractivity contribution in [2.75, 3.05) is 12.3 Å². The summed E-state index contributed by atoms with van der Waals surface area (Å²) >= 11 is 1.30. The van der Waals surface area contributed by atoms with Crippen molar-refractivity contribution in [1.29, 1.82) is 0 Å². The molecule has 94 valence electrons. The van der Waals surface area contributed by atoms with Gasteiger partial charge in [0.25, 0.3) is 5.91 Å². The minimum atomic E-state index is -0.107. The molecule has 0 bridgehead atoms. The molecule has 17 heavy (non-hydrogen) atoms. The number of nitrogen functional groups attached to an aromatic ring is 1. The maximum absolute atomic E-state index is 11.8. The van der Waals surface area contributed by atoms with Gasteiger partial charge in [0.2, 0.25) is 0 Å². The topological polar surface area (TPSA) is 68.0 Å². The van der Waals surface area contributed by atoms with Crippen LogP contribution in [0.2, 0.25) is 0 Å². The van der Waals surface area contributed by atoms with Crippen molar-refractivity contribution < 1.29 is 4.79 Å². The minimum absolute atomic E-state index is 0.107. The molecule has 1 aliphatic carbocycles. The molecule has 0 spiro atoms. The number of amides is 1. The predicted molar refractivity (Wildman–Crippen MR) is 70.1 cm³/mol. The van der Waals surface area contributed by atoms with Crippen molar-refractivity contribution >= 4 is 22.4 Å². The average Bonchev–Trinajstić information content (AvgIpc) is 2.74. The second kappa shape index (κ2) is 5.04. The smallest absolute Gasteiger partial charge is 0.270 e. The molecule has 1 aromatic heterocycles. The largest absolute Gasteiger partial charge is 0.375 e. The zero-order chi connectivity index (χ0) is 12.3. The Morgan fingerprint density at radius 3 is 2.82 bits per heavy atom. The van der Waals surface area contributed by atoms with E-state index in [0.717, 1.165) is 6.54 Å². The summed E-state index contributed by atoms with van der Waals surface area (Å²) in [7, 11) is 0. The molecule has 2 rings (SSSR count). The summed E-state index contributed by atoms with van der Waals surface area (Å²) in [5.74, 6) is -0.107. The monoisotopic (exact) mass is 253 g/mol. The van der Waals surface area contributed by atoms with Crippen LogP contribution in [0.1, 0.15) is 49.5 Å². The molecule has 0 aliphatic heterocycles. The Morgan fingerprint density at radius 2 is 2.24 bits per heavy atom. The van der Waals surface area contributed by atoms with Gasteiger partial charge in [-0.25, -0.2) is 4.98 Å². The Labute approximate surface area is 106 Å². The normalized spacial score (nSPS) is 18.9. The SMILES string of the molecule is CC1(CNC(=O)c2csc(N)n2)CCCCC1. The van der Waals surface area contributed by atoms with E-state index in [0.29, 0.717) is 10.8 Å². The van der Waals surface area contributed by atoms with Crippen molar-refractivity contribution in [3.8, 4) is 0 Å². The van der Waals surface area contributed by atoms with Crippen molar-refractivity contribution in [2.45, 2.75) is 39.0 Å². The fourth-order valence-corrected chi connectivity index (χ4v) is 2.90. The van der Waals surface area contributed by atoms with Crippen molar-refractivity contribution in [3.05, 3.63) is 11.1 Å². The third kappa shape index (κ3) is 3.19. The molecule has 0 unspecified atom stereocenters. The fraction of sp³-hybridized carbons (Fsp3) is 0.667. The van der Waals surface area contributed by atoms with Gasteiger partial charge in [-0.2, -0.15) is 0 Å². The molecule has 0 atom stereocenters. The predicted octanol–water partition coefficient (Wildman–Crippen LogP) is 2.43. The highest BCUT2D eigenvalue weighted by Crippen LogP contribution is 2.34. The molecule has 1 heterocycles. The van der Waals surface area contributed by atoms with E-state index in [-0.39, 0.29) is 11.3 Å². The van der Waals surface area contributed by atoms with Gasteiger partial charge < -0.3 is 11.1 Å². The van der Waals surface area contributed by atoms with Crippen LogP contribution in [-0.4, -0.2) is 17.4 Å². The minimum Gasteiger partial charge on any atom is -0.375 e. The van der Waals surface area contributed by atoms with E-state index >= 15 is 0 Å². The van der Waals surface area contributed by atoms with Crippen LogP contribution >= 0.6 is 11.3 Å². The van der Waals surface area contributed by atoms with Crippen molar-refractivity contribution in [3.63, 3.8) is 0 Å². The number of thiazole rings is 1. The zero-order valence-corrected chi connectivity index (χ0v) is 11.0. The van der Waals surface area contributed by atoms with Gasteiger partial charge in [0, 0.05) is 11.9 Å². The number of nitrogens with one attached hydrogen (secondary N) is 1. The molecule has 5 heteroatoms. The number of carbonyl (C=O) groups is 1. The molecule has 3 N–H and O–H groups in total. The molecule has 1 aliphatic rings. The summed E-state index contributed by atoms with van der Waals surface area (Å²) in [5.41, 5.74) is 6.21. The highest BCUT2D eigenvalue weighted by Gasteiger charge is 2.27. The standard InChI is InChI=1S/C12H19N3OS/c1-12(5-3-2-4-6-12)8-14-10(16)9-7-17-11(13)15-9/h7H,2-6,8H2,1H3,(H2,13,15)(H,14,16). The highest BCUT2D eigenvalue weighted by molar-refractivity contribution is 7.13. The Balaban J connectivity index is 1.87. The number of aromatic nitrogens is 1. The van der Waals surface area contributed by atoms with Gasteiger partial charge in [0.1, 0.15) is 5.69 Å². The molecular weight excluding hydrogens is 234 g/mol. The van der Waals surface area contributed by atoms with Gasteiger partial charge >= 0.3 is 0 Å². The van der Waals surface area contributed by atoms with E-state index < -0.39 is 0 Å². The van der Waals surface area contributed by atoms with E-state index in [2.05, 4.69) is 17.2 Å². The molecule has 4 nitrogen and oxygen atoms in total. The second-order valence-corrected chi connectivity index (χ2v) is 6.01. The Kier molecular flexibility index (Phi) is 3.66. The van der Waals surface area contributed by atoms with Crippen LogP contribution in [0, 0.1) is 5.41 Å². The Bertz CT molecular complexity index is 396. The lowest BCUT2D eigenvalue weighted by Crippen LogP contribution is -2.37. The molecular formula is C12H19N3OS. The van der Waals surface area contributed by atoms with E-state index in [1.54, 1.807) is 5.38 Å². The number of nitrogens with zero attached hydrogens (tertiary/aromatic N) is 1. The number of rotatable bonds is 3. The van der Waals surface area contributed by atoms with Gasteiger partial charge in [-0.3, -0.25) is 4.79 Å². The first-order chi connectivity index (χ1) is 8.09. The van der Waals surface area contributed by atoms with Gasteiger partial charge in [0.15, 0.2) is 5.13 Å².